The minimum Gasteiger partial charge on any atom is -0.355 e. The zero-order chi connectivity index (χ0) is 15.6. The Bertz CT molecular complexity index is 696. The van der Waals surface area contributed by atoms with E-state index in [-0.39, 0.29) is 0 Å². The number of aromatic nitrogens is 4. The molecule has 0 aliphatic carbocycles. The Morgan fingerprint density at radius 1 is 0.957 bits per heavy atom. The molecule has 23 heavy (non-hydrogen) atoms. The maximum atomic E-state index is 4.90. The first-order valence-corrected chi connectivity index (χ1v) is 9.36. The number of piperazine rings is 1. The van der Waals surface area contributed by atoms with Crippen LogP contribution < -0.4 is 15.1 Å². The predicted octanol–water partition coefficient (Wildman–Crippen LogP) is 1.15. The number of fused-ring (bicyclic) bond motifs is 1. The van der Waals surface area contributed by atoms with Crippen molar-refractivity contribution >= 4 is 34.6 Å². The van der Waals surface area contributed by atoms with Gasteiger partial charge < -0.3 is 15.1 Å². The molecule has 0 atom stereocenters. The van der Waals surface area contributed by atoms with Gasteiger partial charge in [0.15, 0.2) is 5.82 Å². The van der Waals surface area contributed by atoms with Crippen LogP contribution in [-0.4, -0.2) is 65.5 Å². The highest BCUT2D eigenvalue weighted by Crippen LogP contribution is 2.31. The van der Waals surface area contributed by atoms with Gasteiger partial charge in [-0.3, -0.25) is 0 Å². The SMILES string of the molecule is CSc1ncnc2c(N3CCCC3)nc(N3CCNCC3)nc12. The second-order valence-corrected chi connectivity index (χ2v) is 6.65. The fraction of sp³-hybridized carbons (Fsp3) is 0.600. The highest BCUT2D eigenvalue weighted by Gasteiger charge is 2.23. The van der Waals surface area contributed by atoms with Gasteiger partial charge >= 0.3 is 0 Å². The van der Waals surface area contributed by atoms with Crippen molar-refractivity contribution in [3.8, 4) is 0 Å². The molecule has 0 spiro atoms. The lowest BCUT2D eigenvalue weighted by Gasteiger charge is -2.28. The Morgan fingerprint density at radius 2 is 1.74 bits per heavy atom. The first-order valence-electron chi connectivity index (χ1n) is 8.14. The number of hydrogen-bond donors (Lipinski definition) is 1. The molecule has 4 rings (SSSR count). The number of thioether (sulfide) groups is 1. The summed E-state index contributed by atoms with van der Waals surface area (Å²) in [6.07, 6.45) is 6.09. The summed E-state index contributed by atoms with van der Waals surface area (Å²) < 4.78 is 0. The molecule has 2 aliphatic heterocycles. The molecule has 0 saturated carbocycles. The molecule has 7 nitrogen and oxygen atoms in total. The van der Waals surface area contributed by atoms with Crippen molar-refractivity contribution in [3.05, 3.63) is 6.33 Å². The number of nitrogens with one attached hydrogen (secondary N) is 1. The summed E-state index contributed by atoms with van der Waals surface area (Å²) in [5.74, 6) is 1.78. The van der Waals surface area contributed by atoms with Crippen LogP contribution in [0.4, 0.5) is 11.8 Å². The first kappa shape index (κ1) is 14.9. The molecular weight excluding hydrogens is 310 g/mol. The van der Waals surface area contributed by atoms with Gasteiger partial charge in [0.05, 0.1) is 0 Å². The van der Waals surface area contributed by atoms with Crippen molar-refractivity contribution in [1.29, 1.82) is 0 Å². The van der Waals surface area contributed by atoms with E-state index in [4.69, 9.17) is 9.97 Å². The summed E-state index contributed by atoms with van der Waals surface area (Å²) in [4.78, 5) is 23.2. The Hall–Kier alpha value is -1.67. The van der Waals surface area contributed by atoms with Crippen LogP contribution in [0.15, 0.2) is 11.4 Å². The monoisotopic (exact) mass is 331 g/mol. The van der Waals surface area contributed by atoms with Crippen LogP contribution >= 0.6 is 11.8 Å². The molecule has 0 amide bonds. The zero-order valence-electron chi connectivity index (χ0n) is 13.3. The number of rotatable bonds is 3. The molecule has 0 bridgehead atoms. The minimum absolute atomic E-state index is 0.811. The Morgan fingerprint density at radius 3 is 2.48 bits per heavy atom. The van der Waals surface area contributed by atoms with E-state index >= 15 is 0 Å². The molecule has 0 unspecified atom stereocenters. The molecule has 0 radical (unpaired) electrons. The maximum Gasteiger partial charge on any atom is 0.228 e. The van der Waals surface area contributed by atoms with Crippen molar-refractivity contribution in [1.82, 2.24) is 25.3 Å². The van der Waals surface area contributed by atoms with E-state index < -0.39 is 0 Å². The lowest BCUT2D eigenvalue weighted by atomic mass is 10.3. The van der Waals surface area contributed by atoms with Gasteiger partial charge in [-0.15, -0.1) is 11.8 Å². The lowest BCUT2D eigenvalue weighted by Crippen LogP contribution is -2.44. The van der Waals surface area contributed by atoms with Gasteiger partial charge in [0.2, 0.25) is 5.95 Å². The van der Waals surface area contributed by atoms with Crippen molar-refractivity contribution in [2.75, 3.05) is 55.3 Å². The van der Waals surface area contributed by atoms with Crippen LogP contribution in [0, 0.1) is 0 Å². The molecule has 2 aromatic heterocycles. The third-order valence-electron chi connectivity index (χ3n) is 4.42. The van der Waals surface area contributed by atoms with E-state index in [0.29, 0.717) is 0 Å². The molecule has 1 N–H and O–H groups in total. The van der Waals surface area contributed by atoms with E-state index in [1.807, 2.05) is 6.26 Å². The van der Waals surface area contributed by atoms with E-state index in [2.05, 4.69) is 25.1 Å². The Balaban J connectivity index is 1.86. The van der Waals surface area contributed by atoms with Crippen molar-refractivity contribution in [3.63, 3.8) is 0 Å². The standard InChI is InChI=1S/C15H21N7S/c1-23-14-12-11(17-10-18-14)13(21-6-2-3-7-21)20-15(19-12)22-8-4-16-5-9-22/h10,16H,2-9H2,1H3. The average molecular weight is 331 g/mol. The summed E-state index contributed by atoms with van der Waals surface area (Å²) >= 11 is 1.61. The van der Waals surface area contributed by atoms with Crippen LogP contribution in [0.1, 0.15) is 12.8 Å². The normalized spacial score (nSPS) is 18.8. The van der Waals surface area contributed by atoms with E-state index in [1.165, 1.54) is 12.8 Å². The fourth-order valence-electron chi connectivity index (χ4n) is 3.20. The van der Waals surface area contributed by atoms with Crippen molar-refractivity contribution in [2.24, 2.45) is 0 Å². The van der Waals surface area contributed by atoms with E-state index in [0.717, 1.165) is 67.1 Å². The van der Waals surface area contributed by atoms with Crippen LogP contribution in [0.25, 0.3) is 11.0 Å². The molecule has 4 heterocycles. The second-order valence-electron chi connectivity index (χ2n) is 5.86. The summed E-state index contributed by atoms with van der Waals surface area (Å²) in [7, 11) is 0. The second kappa shape index (κ2) is 6.45. The van der Waals surface area contributed by atoms with Crippen LogP contribution in [0.3, 0.4) is 0 Å². The highest BCUT2D eigenvalue weighted by atomic mass is 32.2. The molecule has 2 fully saturated rings. The van der Waals surface area contributed by atoms with Gasteiger partial charge in [-0.1, -0.05) is 0 Å². The third kappa shape index (κ3) is 2.81. The Kier molecular flexibility index (Phi) is 4.17. The zero-order valence-corrected chi connectivity index (χ0v) is 14.1. The molecule has 122 valence electrons. The van der Waals surface area contributed by atoms with Crippen LogP contribution in [0.2, 0.25) is 0 Å². The van der Waals surface area contributed by atoms with Gasteiger partial charge in [0.1, 0.15) is 22.4 Å². The maximum absolute atomic E-state index is 4.90. The Labute approximate surface area is 139 Å². The quantitative estimate of drug-likeness (QED) is 0.663. The summed E-state index contributed by atoms with van der Waals surface area (Å²) in [6, 6.07) is 0. The van der Waals surface area contributed by atoms with Crippen LogP contribution in [0.5, 0.6) is 0 Å². The molecule has 2 aromatic rings. The van der Waals surface area contributed by atoms with Crippen molar-refractivity contribution < 1.29 is 0 Å². The smallest absolute Gasteiger partial charge is 0.228 e. The lowest BCUT2D eigenvalue weighted by molar-refractivity contribution is 0.580. The van der Waals surface area contributed by atoms with Gasteiger partial charge in [0.25, 0.3) is 0 Å². The summed E-state index contributed by atoms with van der Waals surface area (Å²) in [6.45, 7) is 5.92. The predicted molar refractivity (Wildman–Crippen MR) is 93.4 cm³/mol. The largest absolute Gasteiger partial charge is 0.355 e. The van der Waals surface area contributed by atoms with Gasteiger partial charge in [0, 0.05) is 39.3 Å². The summed E-state index contributed by atoms with van der Waals surface area (Å²) in [5.41, 5.74) is 1.76. The highest BCUT2D eigenvalue weighted by molar-refractivity contribution is 7.98. The average Bonchev–Trinajstić information content (AvgIpc) is 3.15. The fourth-order valence-corrected chi connectivity index (χ4v) is 3.69. The van der Waals surface area contributed by atoms with Gasteiger partial charge in [-0.2, -0.15) is 4.98 Å². The van der Waals surface area contributed by atoms with Gasteiger partial charge in [-0.05, 0) is 19.1 Å². The molecule has 8 heteroatoms. The number of anilines is 2. The van der Waals surface area contributed by atoms with Crippen molar-refractivity contribution in [2.45, 2.75) is 17.9 Å². The van der Waals surface area contributed by atoms with E-state index in [9.17, 15) is 0 Å². The minimum atomic E-state index is 0.811. The van der Waals surface area contributed by atoms with Crippen LogP contribution in [-0.2, 0) is 0 Å². The molecule has 2 saturated heterocycles. The van der Waals surface area contributed by atoms with Gasteiger partial charge in [-0.25, -0.2) is 15.0 Å². The number of hydrogen-bond acceptors (Lipinski definition) is 8. The molecule has 0 aromatic carbocycles. The van der Waals surface area contributed by atoms with E-state index in [1.54, 1.807) is 18.1 Å². The topological polar surface area (TPSA) is 70.1 Å². The first-order chi connectivity index (χ1) is 11.4. The molecular formula is C15H21N7S. The number of nitrogens with zero attached hydrogens (tertiary/aromatic N) is 6. The molecule has 2 aliphatic rings. The summed E-state index contributed by atoms with van der Waals surface area (Å²) in [5, 5.41) is 4.30. The third-order valence-corrected chi connectivity index (χ3v) is 5.10.